The first-order valence-corrected chi connectivity index (χ1v) is 14.0. The van der Waals surface area contributed by atoms with Gasteiger partial charge >= 0.3 is 5.97 Å². The molecule has 1 amide bonds. The molecule has 2 aliphatic heterocycles. The Bertz CT molecular complexity index is 1370. The number of hydrogen-bond acceptors (Lipinski definition) is 6. The Balaban J connectivity index is 1.49. The van der Waals surface area contributed by atoms with Crippen molar-refractivity contribution < 1.29 is 28.6 Å². The summed E-state index contributed by atoms with van der Waals surface area (Å²) < 4.78 is 19.2. The van der Waals surface area contributed by atoms with E-state index < -0.39 is 23.1 Å². The first-order chi connectivity index (χ1) is 18.5. The molecule has 206 valence electrons. The van der Waals surface area contributed by atoms with E-state index in [0.717, 1.165) is 29.5 Å². The van der Waals surface area contributed by atoms with Gasteiger partial charge in [0.2, 0.25) is 0 Å². The third-order valence-corrected chi connectivity index (χ3v) is 10.3. The fraction of sp³-hybridized carbons (Fsp3) is 0.531. The van der Waals surface area contributed by atoms with Crippen LogP contribution in [0.25, 0.3) is 0 Å². The molecule has 1 N–H and O–H groups in total. The first kappa shape index (κ1) is 25.9. The molecule has 2 aromatic carbocycles. The number of hydrogen-bond donors (Lipinski definition) is 1. The van der Waals surface area contributed by atoms with Crippen molar-refractivity contribution in [3.63, 3.8) is 0 Å². The summed E-state index contributed by atoms with van der Waals surface area (Å²) in [7, 11) is 0. The van der Waals surface area contributed by atoms with Crippen LogP contribution < -0.4 is 14.8 Å². The molecule has 2 saturated carbocycles. The maximum atomic E-state index is 13.8. The molecular weight excluding hydrogens is 494 g/mol. The maximum absolute atomic E-state index is 13.8. The molecule has 2 heterocycles. The summed E-state index contributed by atoms with van der Waals surface area (Å²) in [6.07, 6.45) is 1.89. The lowest BCUT2D eigenvalue weighted by atomic mass is 9.43. The molecule has 2 aromatic rings. The third kappa shape index (κ3) is 3.72. The molecule has 1 spiro atoms. The molecule has 5 atom stereocenters. The summed E-state index contributed by atoms with van der Waals surface area (Å²) in [5, 5.41) is 2.95. The summed E-state index contributed by atoms with van der Waals surface area (Å²) in [6, 6.07) is 11.8. The maximum Gasteiger partial charge on any atom is 0.303 e. The lowest BCUT2D eigenvalue weighted by Gasteiger charge is -2.66. The van der Waals surface area contributed by atoms with Gasteiger partial charge in [0.1, 0.15) is 23.7 Å². The van der Waals surface area contributed by atoms with Gasteiger partial charge in [-0.25, -0.2) is 0 Å². The number of ether oxygens (including phenoxy) is 3. The molecule has 0 radical (unpaired) electrons. The Morgan fingerprint density at radius 2 is 1.82 bits per heavy atom. The van der Waals surface area contributed by atoms with Crippen molar-refractivity contribution in [2.75, 3.05) is 0 Å². The molecule has 7 heteroatoms. The number of rotatable bonds is 4. The molecule has 0 unspecified atom stereocenters. The molecular formula is C32H37NO6. The van der Waals surface area contributed by atoms with Crippen LogP contribution in [-0.4, -0.2) is 29.4 Å². The lowest BCUT2D eigenvalue weighted by Crippen LogP contribution is -2.72. The van der Waals surface area contributed by atoms with Crippen molar-refractivity contribution in [1.82, 2.24) is 5.32 Å². The van der Waals surface area contributed by atoms with Crippen LogP contribution in [0.3, 0.4) is 0 Å². The Labute approximate surface area is 229 Å². The van der Waals surface area contributed by atoms with Crippen molar-refractivity contribution in [3.05, 3.63) is 58.7 Å². The van der Waals surface area contributed by atoms with Gasteiger partial charge in [-0.05, 0) is 36.8 Å². The van der Waals surface area contributed by atoms with Crippen molar-refractivity contribution >= 4 is 17.7 Å². The minimum absolute atomic E-state index is 0.0176. The average Bonchev–Trinajstić information content (AvgIpc) is 3.26. The van der Waals surface area contributed by atoms with Crippen LogP contribution in [0.2, 0.25) is 0 Å². The van der Waals surface area contributed by atoms with Gasteiger partial charge in [0.15, 0.2) is 11.9 Å². The van der Waals surface area contributed by atoms with Crippen LogP contribution in [-0.2, 0) is 33.9 Å². The number of amides is 1. The van der Waals surface area contributed by atoms with Gasteiger partial charge in [0.25, 0.3) is 5.91 Å². The highest BCUT2D eigenvalue weighted by molar-refractivity contribution is 6.00. The number of carbonyl (C=O) groups excluding carboxylic acids is 3. The normalized spacial score (nSPS) is 32.1. The van der Waals surface area contributed by atoms with E-state index in [9.17, 15) is 14.4 Å². The standard InChI is InChI=1S/C32H37NO6/c1-18-11-12-26-30(3,4)28(38-19(2)34)24(35)15-32(26)31(18,5)14-22-25(37-17-20-9-7-6-8-10-20)13-21-23(27(22)39-32)16-33-29(21)36/h6-10,13,18,26,28H,11-12,14-17H2,1-5H3,(H,33,36)/t18-,26-,28+,31+,32-/m0/s1. The summed E-state index contributed by atoms with van der Waals surface area (Å²) in [5.74, 6) is 0.922. The molecule has 39 heavy (non-hydrogen) atoms. The number of benzene rings is 2. The molecule has 0 aromatic heterocycles. The first-order valence-electron chi connectivity index (χ1n) is 14.0. The summed E-state index contributed by atoms with van der Waals surface area (Å²) in [5.41, 5.74) is 1.64. The minimum Gasteiger partial charge on any atom is -0.488 e. The van der Waals surface area contributed by atoms with Gasteiger partial charge in [-0.2, -0.15) is 0 Å². The van der Waals surface area contributed by atoms with E-state index in [2.05, 4.69) is 19.2 Å². The molecule has 4 aliphatic rings. The number of ketones is 1. The zero-order valence-electron chi connectivity index (χ0n) is 23.4. The predicted octanol–water partition coefficient (Wildman–Crippen LogP) is 5.17. The zero-order valence-corrected chi connectivity index (χ0v) is 23.4. The van der Waals surface area contributed by atoms with Gasteiger partial charge in [0.05, 0.1) is 12.0 Å². The Morgan fingerprint density at radius 1 is 1.08 bits per heavy atom. The number of Topliss-reactive ketones (excluding diaryl/α,β-unsaturated/α-hetero) is 1. The highest BCUT2D eigenvalue weighted by Crippen LogP contribution is 2.66. The fourth-order valence-corrected chi connectivity index (χ4v) is 8.03. The van der Waals surface area contributed by atoms with Gasteiger partial charge < -0.3 is 19.5 Å². The second-order valence-corrected chi connectivity index (χ2v) is 12.7. The SMILES string of the molecule is CC(=O)O[C@@H]1C(=O)C[C@@]23Oc4c(c(OCc5ccccc5)cc5c4CNC5=O)C[C@]2(C)[C@@H](C)CC[C@H]3C1(C)C. The van der Waals surface area contributed by atoms with Crippen LogP contribution in [0.1, 0.15) is 80.9 Å². The number of esters is 1. The smallest absolute Gasteiger partial charge is 0.303 e. The Hall–Kier alpha value is -3.35. The summed E-state index contributed by atoms with van der Waals surface area (Å²) >= 11 is 0. The van der Waals surface area contributed by atoms with Crippen molar-refractivity contribution in [1.29, 1.82) is 0 Å². The van der Waals surface area contributed by atoms with Crippen molar-refractivity contribution in [2.45, 2.75) is 85.2 Å². The zero-order chi connectivity index (χ0) is 27.7. The van der Waals surface area contributed by atoms with E-state index in [4.69, 9.17) is 14.2 Å². The van der Waals surface area contributed by atoms with Gasteiger partial charge in [-0.1, -0.05) is 58.0 Å². The van der Waals surface area contributed by atoms with Gasteiger partial charge in [0, 0.05) is 41.3 Å². The number of nitrogens with one attached hydrogen (secondary N) is 1. The van der Waals surface area contributed by atoms with E-state index in [0.29, 0.717) is 36.6 Å². The summed E-state index contributed by atoms with van der Waals surface area (Å²) in [6.45, 7) is 10.7. The van der Waals surface area contributed by atoms with Crippen molar-refractivity contribution in [3.8, 4) is 11.5 Å². The number of fused-ring (bicyclic) bond motifs is 3. The van der Waals surface area contributed by atoms with E-state index in [1.807, 2.05) is 50.2 Å². The van der Waals surface area contributed by atoms with Crippen LogP contribution in [0.15, 0.2) is 36.4 Å². The molecule has 6 rings (SSSR count). The Morgan fingerprint density at radius 3 is 2.54 bits per heavy atom. The lowest BCUT2D eigenvalue weighted by molar-refractivity contribution is -0.231. The fourth-order valence-electron chi connectivity index (χ4n) is 8.03. The molecule has 7 nitrogen and oxygen atoms in total. The average molecular weight is 532 g/mol. The molecule has 0 saturated heterocycles. The highest BCUT2D eigenvalue weighted by Gasteiger charge is 2.70. The van der Waals surface area contributed by atoms with Crippen LogP contribution in [0.5, 0.6) is 11.5 Å². The van der Waals surface area contributed by atoms with Crippen molar-refractivity contribution in [2.24, 2.45) is 22.7 Å². The Kier molecular flexibility index (Phi) is 5.87. The monoisotopic (exact) mass is 531 g/mol. The largest absolute Gasteiger partial charge is 0.488 e. The quantitative estimate of drug-likeness (QED) is 0.548. The van der Waals surface area contributed by atoms with E-state index in [-0.39, 0.29) is 35.4 Å². The second-order valence-electron chi connectivity index (χ2n) is 12.7. The highest BCUT2D eigenvalue weighted by atomic mass is 16.6. The van der Waals surface area contributed by atoms with Crippen LogP contribution in [0, 0.1) is 22.7 Å². The topological polar surface area (TPSA) is 90.9 Å². The van der Waals surface area contributed by atoms with Crippen LogP contribution in [0.4, 0.5) is 0 Å². The molecule has 2 fully saturated rings. The van der Waals surface area contributed by atoms with E-state index >= 15 is 0 Å². The van der Waals surface area contributed by atoms with Crippen LogP contribution >= 0.6 is 0 Å². The minimum atomic E-state index is -0.803. The van der Waals surface area contributed by atoms with Gasteiger partial charge in [-0.15, -0.1) is 0 Å². The van der Waals surface area contributed by atoms with Gasteiger partial charge in [-0.3, -0.25) is 14.4 Å². The summed E-state index contributed by atoms with van der Waals surface area (Å²) in [4.78, 5) is 38.6. The molecule has 2 aliphatic carbocycles. The predicted molar refractivity (Wildman–Crippen MR) is 144 cm³/mol. The molecule has 0 bridgehead atoms. The number of carbonyl (C=O) groups is 3. The van der Waals surface area contributed by atoms with E-state index in [1.54, 1.807) is 0 Å². The van der Waals surface area contributed by atoms with E-state index in [1.165, 1.54) is 6.92 Å². The third-order valence-electron chi connectivity index (χ3n) is 10.3. The second kappa shape index (κ2) is 8.83.